The van der Waals surface area contributed by atoms with Crippen LogP contribution in [0, 0.1) is 6.92 Å². The number of fused-ring (bicyclic) bond motifs is 1. The molecule has 0 aliphatic carbocycles. The Hall–Kier alpha value is -2.67. The van der Waals surface area contributed by atoms with E-state index >= 15 is 0 Å². The molecule has 0 atom stereocenters. The lowest BCUT2D eigenvalue weighted by molar-refractivity contribution is -0.120. The lowest BCUT2D eigenvalue weighted by Crippen LogP contribution is -2.09. The normalized spacial score (nSPS) is 11.6. The Kier molecular flexibility index (Phi) is 5.60. The third-order valence-corrected chi connectivity index (χ3v) is 5.04. The Morgan fingerprint density at radius 3 is 2.78 bits per heavy atom. The SMILES string of the molecule is Cc1cc2c(N=NC(=O)COc3ccccc3C(C)C)c(O)[nH]c2cc1Br. The first-order chi connectivity index (χ1) is 12.9. The third kappa shape index (κ3) is 4.19. The number of carbonyl (C=O) groups is 1. The third-order valence-electron chi connectivity index (χ3n) is 4.18. The summed E-state index contributed by atoms with van der Waals surface area (Å²) in [7, 11) is 0. The van der Waals surface area contributed by atoms with E-state index in [0.717, 1.165) is 15.6 Å². The van der Waals surface area contributed by atoms with Gasteiger partial charge in [-0.1, -0.05) is 48.0 Å². The molecule has 0 aliphatic rings. The van der Waals surface area contributed by atoms with Gasteiger partial charge in [0.05, 0.1) is 5.52 Å². The zero-order valence-corrected chi connectivity index (χ0v) is 16.9. The number of ether oxygens (including phenoxy) is 1. The molecule has 0 radical (unpaired) electrons. The summed E-state index contributed by atoms with van der Waals surface area (Å²) in [6.07, 6.45) is 0. The van der Waals surface area contributed by atoms with Crippen molar-refractivity contribution in [2.75, 3.05) is 6.61 Å². The summed E-state index contributed by atoms with van der Waals surface area (Å²) in [5, 5.41) is 18.4. The van der Waals surface area contributed by atoms with Crippen LogP contribution < -0.4 is 4.74 Å². The predicted octanol–water partition coefficient (Wildman–Crippen LogP) is 5.76. The number of hydrogen-bond donors (Lipinski definition) is 2. The molecule has 0 saturated heterocycles. The summed E-state index contributed by atoms with van der Waals surface area (Å²) in [6.45, 7) is 5.83. The number of azo groups is 1. The van der Waals surface area contributed by atoms with Gasteiger partial charge in [-0.3, -0.25) is 4.79 Å². The van der Waals surface area contributed by atoms with Gasteiger partial charge in [-0.25, -0.2) is 0 Å². The summed E-state index contributed by atoms with van der Waals surface area (Å²) in [4.78, 5) is 14.9. The van der Waals surface area contributed by atoms with E-state index in [0.29, 0.717) is 16.7 Å². The standard InChI is InChI=1S/C20H20BrN3O3/c1-11(2)13-6-4-5-7-17(13)27-10-18(25)23-24-19-14-8-12(3)15(21)9-16(14)22-20(19)26/h4-9,11,22,26H,10H2,1-3H3. The number of aromatic hydroxyl groups is 1. The first kappa shape index (κ1) is 19.1. The Bertz CT molecular complexity index is 1020. The van der Waals surface area contributed by atoms with Crippen molar-refractivity contribution in [3.63, 3.8) is 0 Å². The Labute approximate surface area is 165 Å². The van der Waals surface area contributed by atoms with Crippen LogP contribution in [0.25, 0.3) is 10.9 Å². The van der Waals surface area contributed by atoms with Gasteiger partial charge in [-0.2, -0.15) is 0 Å². The smallest absolute Gasteiger partial charge is 0.302 e. The van der Waals surface area contributed by atoms with E-state index in [1.54, 1.807) is 0 Å². The highest BCUT2D eigenvalue weighted by atomic mass is 79.9. The zero-order valence-electron chi connectivity index (χ0n) is 15.3. The van der Waals surface area contributed by atoms with Gasteiger partial charge in [0.1, 0.15) is 5.75 Å². The predicted molar refractivity (Wildman–Crippen MR) is 108 cm³/mol. The molecule has 140 valence electrons. The van der Waals surface area contributed by atoms with E-state index in [9.17, 15) is 9.90 Å². The molecule has 1 heterocycles. The summed E-state index contributed by atoms with van der Waals surface area (Å²) < 4.78 is 6.51. The first-order valence-electron chi connectivity index (χ1n) is 8.54. The number of H-pyrrole nitrogens is 1. The monoisotopic (exact) mass is 429 g/mol. The fourth-order valence-corrected chi connectivity index (χ4v) is 3.10. The van der Waals surface area contributed by atoms with Crippen molar-refractivity contribution >= 4 is 38.4 Å². The molecule has 1 amide bonds. The number of carbonyl (C=O) groups excluding carboxylic acids is 1. The molecule has 0 spiro atoms. The molecular formula is C20H20BrN3O3. The van der Waals surface area contributed by atoms with Gasteiger partial charge < -0.3 is 14.8 Å². The van der Waals surface area contributed by atoms with Gasteiger partial charge in [-0.15, -0.1) is 10.2 Å². The highest BCUT2D eigenvalue weighted by Gasteiger charge is 2.13. The fraction of sp³-hybridized carbons (Fsp3) is 0.250. The number of aromatic amines is 1. The number of amides is 1. The number of para-hydroxylation sites is 1. The Balaban J connectivity index is 1.75. The minimum absolute atomic E-state index is 0.134. The van der Waals surface area contributed by atoms with Crippen molar-refractivity contribution in [2.45, 2.75) is 26.7 Å². The maximum absolute atomic E-state index is 12.1. The highest BCUT2D eigenvalue weighted by molar-refractivity contribution is 9.10. The molecule has 0 bridgehead atoms. The van der Waals surface area contributed by atoms with Crippen molar-refractivity contribution < 1.29 is 14.6 Å². The molecule has 1 aromatic heterocycles. The molecule has 3 rings (SSSR count). The van der Waals surface area contributed by atoms with Gasteiger partial charge in [0.2, 0.25) is 5.88 Å². The summed E-state index contributed by atoms with van der Waals surface area (Å²) >= 11 is 3.44. The Morgan fingerprint density at radius 1 is 1.30 bits per heavy atom. The number of hydrogen-bond acceptors (Lipinski definition) is 4. The number of halogens is 1. The van der Waals surface area contributed by atoms with Gasteiger partial charge in [-0.05, 0) is 42.2 Å². The topological polar surface area (TPSA) is 87.0 Å². The van der Waals surface area contributed by atoms with Crippen molar-refractivity contribution in [2.24, 2.45) is 10.2 Å². The van der Waals surface area contributed by atoms with Crippen LogP contribution in [0.15, 0.2) is 51.1 Å². The van der Waals surface area contributed by atoms with Gasteiger partial charge in [0, 0.05) is 9.86 Å². The van der Waals surface area contributed by atoms with E-state index in [1.165, 1.54) is 0 Å². The number of aromatic nitrogens is 1. The summed E-state index contributed by atoms with van der Waals surface area (Å²) in [5.74, 6) is 0.274. The number of aryl methyl sites for hydroxylation is 1. The molecular weight excluding hydrogens is 410 g/mol. The second-order valence-corrected chi connectivity index (χ2v) is 7.40. The average molecular weight is 430 g/mol. The quantitative estimate of drug-likeness (QED) is 0.505. The number of nitrogens with zero attached hydrogens (tertiary/aromatic N) is 2. The van der Waals surface area contributed by atoms with Crippen LogP contribution in [0.5, 0.6) is 11.6 Å². The Morgan fingerprint density at radius 2 is 2.04 bits per heavy atom. The molecule has 0 saturated carbocycles. The van der Waals surface area contributed by atoms with Crippen LogP contribution in [-0.2, 0) is 4.79 Å². The molecule has 2 aromatic carbocycles. The number of benzene rings is 2. The van der Waals surface area contributed by atoms with Gasteiger partial charge >= 0.3 is 5.91 Å². The summed E-state index contributed by atoms with van der Waals surface area (Å²) in [5.41, 5.74) is 2.94. The second kappa shape index (κ2) is 7.92. The van der Waals surface area contributed by atoms with Crippen LogP contribution in [-0.4, -0.2) is 22.6 Å². The summed E-state index contributed by atoms with van der Waals surface area (Å²) in [6, 6.07) is 11.3. The molecule has 27 heavy (non-hydrogen) atoms. The van der Waals surface area contributed by atoms with Crippen LogP contribution in [0.4, 0.5) is 5.69 Å². The van der Waals surface area contributed by atoms with E-state index in [2.05, 4.69) is 45.0 Å². The first-order valence-corrected chi connectivity index (χ1v) is 9.33. The van der Waals surface area contributed by atoms with Crippen molar-refractivity contribution in [3.05, 3.63) is 52.0 Å². The molecule has 0 fully saturated rings. The molecule has 2 N–H and O–H groups in total. The van der Waals surface area contributed by atoms with Crippen LogP contribution in [0.1, 0.15) is 30.9 Å². The molecule has 3 aromatic rings. The van der Waals surface area contributed by atoms with Gasteiger partial charge in [0.25, 0.3) is 0 Å². The largest absolute Gasteiger partial charge is 0.493 e. The van der Waals surface area contributed by atoms with Crippen molar-refractivity contribution in [1.29, 1.82) is 0 Å². The molecule has 0 aliphatic heterocycles. The maximum Gasteiger partial charge on any atom is 0.302 e. The minimum atomic E-state index is -0.531. The maximum atomic E-state index is 12.1. The minimum Gasteiger partial charge on any atom is -0.493 e. The van der Waals surface area contributed by atoms with E-state index in [-0.39, 0.29) is 24.1 Å². The van der Waals surface area contributed by atoms with Crippen LogP contribution in [0.2, 0.25) is 0 Å². The lowest BCUT2D eigenvalue weighted by atomic mass is 10.0. The van der Waals surface area contributed by atoms with E-state index in [1.807, 2.05) is 43.3 Å². The van der Waals surface area contributed by atoms with Crippen molar-refractivity contribution in [1.82, 2.24) is 4.98 Å². The fourth-order valence-electron chi connectivity index (χ4n) is 2.76. The highest BCUT2D eigenvalue weighted by Crippen LogP contribution is 2.37. The molecule has 7 heteroatoms. The van der Waals surface area contributed by atoms with Crippen LogP contribution in [0.3, 0.4) is 0 Å². The van der Waals surface area contributed by atoms with Gasteiger partial charge in [0.15, 0.2) is 12.3 Å². The zero-order chi connectivity index (χ0) is 19.6. The number of nitrogens with one attached hydrogen (secondary N) is 1. The average Bonchev–Trinajstić information content (AvgIpc) is 2.93. The second-order valence-electron chi connectivity index (χ2n) is 6.54. The van der Waals surface area contributed by atoms with E-state index in [4.69, 9.17) is 4.74 Å². The molecule has 6 nitrogen and oxygen atoms in total. The van der Waals surface area contributed by atoms with E-state index < -0.39 is 5.91 Å². The van der Waals surface area contributed by atoms with Crippen molar-refractivity contribution in [3.8, 4) is 11.6 Å². The number of rotatable bonds is 5. The molecule has 0 unspecified atom stereocenters. The lowest BCUT2D eigenvalue weighted by Gasteiger charge is -2.12. The van der Waals surface area contributed by atoms with Crippen LogP contribution >= 0.6 is 15.9 Å².